The lowest BCUT2D eigenvalue weighted by Gasteiger charge is -2.14. The standard InChI is InChI=1S/C20H24N2O4S2/c1-11-5-15(25-3)13(9-19(21)23)7-17(11)27-28-18-8-14(10-20(22)24)16(26-4)6-12(18)2/h5-8H,9-10H2,1-4H3,(H2,21,23)(H2,22,24). The van der Waals surface area contributed by atoms with Gasteiger partial charge in [-0.2, -0.15) is 0 Å². The second kappa shape index (κ2) is 9.75. The maximum absolute atomic E-state index is 11.3. The van der Waals surface area contributed by atoms with Crippen LogP contribution in [0.5, 0.6) is 11.5 Å². The molecule has 0 atom stereocenters. The molecule has 150 valence electrons. The molecule has 0 fully saturated rings. The monoisotopic (exact) mass is 420 g/mol. The van der Waals surface area contributed by atoms with Crippen molar-refractivity contribution in [1.29, 1.82) is 0 Å². The molecule has 0 saturated heterocycles. The van der Waals surface area contributed by atoms with Crippen LogP contribution in [-0.2, 0) is 22.4 Å². The van der Waals surface area contributed by atoms with Crippen molar-refractivity contribution in [2.24, 2.45) is 11.5 Å². The number of nitrogens with two attached hydrogens (primary N) is 2. The summed E-state index contributed by atoms with van der Waals surface area (Å²) < 4.78 is 10.7. The fourth-order valence-electron chi connectivity index (χ4n) is 2.71. The van der Waals surface area contributed by atoms with Crippen molar-refractivity contribution in [3.8, 4) is 11.5 Å². The molecule has 0 aliphatic carbocycles. The topological polar surface area (TPSA) is 105 Å². The number of aryl methyl sites for hydroxylation is 2. The Morgan fingerprint density at radius 3 is 1.43 bits per heavy atom. The molecule has 2 aromatic carbocycles. The molecule has 6 nitrogen and oxygen atoms in total. The lowest BCUT2D eigenvalue weighted by molar-refractivity contribution is -0.118. The average Bonchev–Trinajstić information content (AvgIpc) is 2.62. The van der Waals surface area contributed by atoms with Gasteiger partial charge in [0.15, 0.2) is 0 Å². The van der Waals surface area contributed by atoms with Crippen LogP contribution in [0.1, 0.15) is 22.3 Å². The number of benzene rings is 2. The Kier molecular flexibility index (Phi) is 7.65. The summed E-state index contributed by atoms with van der Waals surface area (Å²) in [6.07, 6.45) is 0.234. The fraction of sp³-hybridized carbons (Fsp3) is 0.300. The van der Waals surface area contributed by atoms with Crippen molar-refractivity contribution in [3.05, 3.63) is 46.5 Å². The van der Waals surface area contributed by atoms with Gasteiger partial charge in [0.05, 0.1) is 27.1 Å². The minimum Gasteiger partial charge on any atom is -0.496 e. The molecule has 4 N–H and O–H groups in total. The number of hydrogen-bond donors (Lipinski definition) is 2. The van der Waals surface area contributed by atoms with E-state index in [-0.39, 0.29) is 12.8 Å². The Bertz CT molecular complexity index is 827. The van der Waals surface area contributed by atoms with E-state index in [0.717, 1.165) is 32.0 Å². The number of carbonyl (C=O) groups is 2. The molecule has 2 rings (SSSR count). The van der Waals surface area contributed by atoms with Crippen molar-refractivity contribution < 1.29 is 19.1 Å². The second-order valence-electron chi connectivity index (χ2n) is 6.31. The summed E-state index contributed by atoms with van der Waals surface area (Å²) in [6.45, 7) is 3.97. The van der Waals surface area contributed by atoms with Gasteiger partial charge in [-0.1, -0.05) is 21.6 Å². The number of amides is 2. The molecule has 0 radical (unpaired) electrons. The van der Waals surface area contributed by atoms with E-state index in [4.69, 9.17) is 20.9 Å². The van der Waals surface area contributed by atoms with Gasteiger partial charge in [-0.05, 0) is 49.2 Å². The molecule has 0 saturated carbocycles. The molecule has 28 heavy (non-hydrogen) atoms. The molecule has 0 unspecified atom stereocenters. The average molecular weight is 421 g/mol. The summed E-state index contributed by atoms with van der Waals surface area (Å²) in [4.78, 5) is 24.7. The van der Waals surface area contributed by atoms with Gasteiger partial charge in [-0.15, -0.1) is 0 Å². The molecule has 2 aromatic rings. The summed E-state index contributed by atoms with van der Waals surface area (Å²) in [5.41, 5.74) is 14.3. The molecular formula is C20H24N2O4S2. The van der Waals surface area contributed by atoms with Gasteiger partial charge in [0.2, 0.25) is 11.8 Å². The van der Waals surface area contributed by atoms with Gasteiger partial charge < -0.3 is 20.9 Å². The molecule has 0 bridgehead atoms. The van der Waals surface area contributed by atoms with E-state index in [1.807, 2.05) is 38.1 Å². The molecule has 0 heterocycles. The molecular weight excluding hydrogens is 396 g/mol. The largest absolute Gasteiger partial charge is 0.496 e. The normalized spacial score (nSPS) is 10.6. The number of hydrogen-bond acceptors (Lipinski definition) is 6. The predicted molar refractivity (Wildman–Crippen MR) is 113 cm³/mol. The van der Waals surface area contributed by atoms with E-state index < -0.39 is 11.8 Å². The number of ether oxygens (including phenoxy) is 2. The SMILES string of the molecule is COc1cc(C)c(SSc2cc(CC(N)=O)c(OC)cc2C)cc1CC(N)=O. The predicted octanol–water partition coefficient (Wildman–Crippen LogP) is 3.18. The quantitative estimate of drug-likeness (QED) is 0.604. The minimum atomic E-state index is -0.409. The van der Waals surface area contributed by atoms with Crippen LogP contribution in [-0.4, -0.2) is 26.0 Å². The highest BCUT2D eigenvalue weighted by atomic mass is 33.1. The lowest BCUT2D eigenvalue weighted by Crippen LogP contribution is -2.14. The first-order valence-electron chi connectivity index (χ1n) is 8.51. The highest BCUT2D eigenvalue weighted by Gasteiger charge is 2.14. The summed E-state index contributed by atoms with van der Waals surface area (Å²) in [6, 6.07) is 7.67. The second-order valence-corrected chi connectivity index (χ2v) is 8.52. The molecule has 0 aliphatic rings. The van der Waals surface area contributed by atoms with Crippen LogP contribution in [0, 0.1) is 13.8 Å². The smallest absolute Gasteiger partial charge is 0.221 e. The first-order valence-corrected chi connectivity index (χ1v) is 10.7. The number of rotatable bonds is 9. The highest BCUT2D eigenvalue weighted by molar-refractivity contribution is 8.76. The van der Waals surface area contributed by atoms with E-state index in [2.05, 4.69) is 0 Å². The Morgan fingerprint density at radius 2 is 1.14 bits per heavy atom. The third kappa shape index (κ3) is 5.59. The van der Waals surface area contributed by atoms with Crippen LogP contribution in [0.3, 0.4) is 0 Å². The molecule has 0 aromatic heterocycles. The van der Waals surface area contributed by atoms with E-state index in [1.165, 1.54) is 0 Å². The Labute approximate surface area is 172 Å². The molecule has 8 heteroatoms. The summed E-state index contributed by atoms with van der Waals surface area (Å²) in [5.74, 6) is 0.478. The van der Waals surface area contributed by atoms with Crippen LogP contribution in [0.25, 0.3) is 0 Å². The van der Waals surface area contributed by atoms with E-state index in [0.29, 0.717) is 11.5 Å². The van der Waals surface area contributed by atoms with Gasteiger partial charge in [0.1, 0.15) is 11.5 Å². The van der Waals surface area contributed by atoms with Gasteiger partial charge in [0.25, 0.3) is 0 Å². The zero-order chi connectivity index (χ0) is 20.8. The van der Waals surface area contributed by atoms with E-state index in [1.54, 1.807) is 35.8 Å². The van der Waals surface area contributed by atoms with Crippen LogP contribution in [0.4, 0.5) is 0 Å². The number of methoxy groups -OCH3 is 2. The third-order valence-corrected chi connectivity index (χ3v) is 6.76. The molecule has 0 aliphatic heterocycles. The number of primary amides is 2. The maximum Gasteiger partial charge on any atom is 0.221 e. The number of carbonyl (C=O) groups excluding carboxylic acids is 2. The minimum absolute atomic E-state index is 0.117. The summed E-state index contributed by atoms with van der Waals surface area (Å²) in [7, 11) is 6.28. The van der Waals surface area contributed by atoms with Gasteiger partial charge >= 0.3 is 0 Å². The van der Waals surface area contributed by atoms with Crippen LogP contribution < -0.4 is 20.9 Å². The van der Waals surface area contributed by atoms with Crippen molar-refractivity contribution >= 4 is 33.4 Å². The van der Waals surface area contributed by atoms with E-state index in [9.17, 15) is 9.59 Å². The van der Waals surface area contributed by atoms with E-state index >= 15 is 0 Å². The Morgan fingerprint density at radius 1 is 0.786 bits per heavy atom. The zero-order valence-electron chi connectivity index (χ0n) is 16.3. The third-order valence-electron chi connectivity index (χ3n) is 4.11. The van der Waals surface area contributed by atoms with Crippen LogP contribution >= 0.6 is 21.6 Å². The summed E-state index contributed by atoms with van der Waals surface area (Å²) in [5, 5.41) is 0. The van der Waals surface area contributed by atoms with Crippen molar-refractivity contribution in [2.45, 2.75) is 36.5 Å². The van der Waals surface area contributed by atoms with Crippen molar-refractivity contribution in [2.75, 3.05) is 14.2 Å². The van der Waals surface area contributed by atoms with Gasteiger partial charge in [-0.25, -0.2) is 0 Å². The fourth-order valence-corrected chi connectivity index (χ4v) is 5.27. The Balaban J connectivity index is 2.30. The lowest BCUT2D eigenvalue weighted by atomic mass is 10.1. The first-order chi connectivity index (χ1) is 13.2. The van der Waals surface area contributed by atoms with Gasteiger partial charge in [-0.3, -0.25) is 9.59 Å². The van der Waals surface area contributed by atoms with Crippen LogP contribution in [0.15, 0.2) is 34.1 Å². The summed E-state index contributed by atoms with van der Waals surface area (Å²) >= 11 is 0. The van der Waals surface area contributed by atoms with Gasteiger partial charge in [0, 0.05) is 20.9 Å². The zero-order valence-corrected chi connectivity index (χ0v) is 18.0. The molecule has 0 spiro atoms. The van der Waals surface area contributed by atoms with Crippen LogP contribution in [0.2, 0.25) is 0 Å². The Hall–Kier alpha value is -2.32. The molecule has 2 amide bonds. The maximum atomic E-state index is 11.3. The van der Waals surface area contributed by atoms with Crippen molar-refractivity contribution in [1.82, 2.24) is 0 Å². The highest BCUT2D eigenvalue weighted by Crippen LogP contribution is 2.43. The first kappa shape index (κ1) is 22.0. The van der Waals surface area contributed by atoms with Crippen molar-refractivity contribution in [3.63, 3.8) is 0 Å².